The number of esters is 1. The maximum atomic E-state index is 13.0. The molecule has 2 N–H and O–H groups in total. The van der Waals surface area contributed by atoms with Gasteiger partial charge in [-0.1, -0.05) is 12.1 Å². The Kier molecular flexibility index (Phi) is 6.16. The van der Waals surface area contributed by atoms with Crippen LogP contribution in [0, 0.1) is 13.8 Å². The summed E-state index contributed by atoms with van der Waals surface area (Å²) in [7, 11) is 1.32. The largest absolute Gasteiger partial charge is 0.465 e. The Morgan fingerprint density at radius 2 is 1.94 bits per heavy atom. The molecule has 0 radical (unpaired) electrons. The molecular formula is C24H30N2O5. The van der Waals surface area contributed by atoms with E-state index >= 15 is 0 Å². The Morgan fingerprint density at radius 3 is 2.65 bits per heavy atom. The summed E-state index contributed by atoms with van der Waals surface area (Å²) in [6.07, 6.45) is 1.80. The summed E-state index contributed by atoms with van der Waals surface area (Å²) in [4.78, 5) is 28.1. The van der Waals surface area contributed by atoms with Gasteiger partial charge in [0.05, 0.1) is 26.2 Å². The fourth-order valence-corrected chi connectivity index (χ4v) is 4.77. The van der Waals surface area contributed by atoms with Crippen LogP contribution in [0.15, 0.2) is 34.9 Å². The topological polar surface area (TPSA) is 91.1 Å². The number of aryl methyl sites for hydroxylation is 2. The lowest BCUT2D eigenvalue weighted by atomic mass is 9.75. The number of benzene rings is 1. The molecule has 1 aromatic carbocycles. The number of carbonyl (C=O) groups is 2. The van der Waals surface area contributed by atoms with Crippen LogP contribution in [0.2, 0.25) is 0 Å². The first-order valence-corrected chi connectivity index (χ1v) is 10.8. The zero-order valence-corrected chi connectivity index (χ0v) is 18.5. The van der Waals surface area contributed by atoms with Gasteiger partial charge in [0.15, 0.2) is 5.78 Å². The number of Topliss-reactive ketones (excluding diaryl/α,β-unsaturated/α-hetero) is 1. The lowest BCUT2D eigenvalue weighted by molar-refractivity contribution is -0.136. The minimum absolute atomic E-state index is 0.00913. The molecule has 1 atom stereocenters. The van der Waals surface area contributed by atoms with E-state index in [1.54, 1.807) is 0 Å². The van der Waals surface area contributed by atoms with Crippen molar-refractivity contribution in [2.75, 3.05) is 33.4 Å². The molecule has 4 rings (SSSR count). The number of methoxy groups -OCH3 is 1. The average molecular weight is 427 g/mol. The Morgan fingerprint density at radius 1 is 1.19 bits per heavy atom. The molecule has 2 heterocycles. The molecule has 31 heavy (non-hydrogen) atoms. The molecular weight excluding hydrogens is 396 g/mol. The molecule has 0 amide bonds. The number of allylic oxidation sites excluding steroid dienone is 2. The van der Waals surface area contributed by atoms with Crippen LogP contribution < -0.4 is 5.73 Å². The van der Waals surface area contributed by atoms with Gasteiger partial charge in [-0.2, -0.15) is 0 Å². The Hall–Kier alpha value is -2.64. The van der Waals surface area contributed by atoms with Crippen molar-refractivity contribution in [1.29, 1.82) is 0 Å². The number of nitrogens with two attached hydrogens (primary N) is 1. The van der Waals surface area contributed by atoms with E-state index in [1.165, 1.54) is 18.2 Å². The summed E-state index contributed by atoms with van der Waals surface area (Å²) >= 11 is 0. The second-order valence-corrected chi connectivity index (χ2v) is 8.44. The molecule has 0 saturated carbocycles. The lowest BCUT2D eigenvalue weighted by Gasteiger charge is -2.33. The van der Waals surface area contributed by atoms with Crippen molar-refractivity contribution >= 4 is 11.8 Å². The van der Waals surface area contributed by atoms with Gasteiger partial charge < -0.3 is 19.9 Å². The third kappa shape index (κ3) is 4.12. The molecule has 0 spiro atoms. The second-order valence-electron chi connectivity index (χ2n) is 8.44. The third-order valence-electron chi connectivity index (χ3n) is 6.42. The van der Waals surface area contributed by atoms with Gasteiger partial charge in [0.2, 0.25) is 5.88 Å². The van der Waals surface area contributed by atoms with Crippen LogP contribution in [0.25, 0.3) is 0 Å². The van der Waals surface area contributed by atoms with Gasteiger partial charge in [0, 0.05) is 38.0 Å². The quantitative estimate of drug-likeness (QED) is 0.740. The highest BCUT2D eigenvalue weighted by Gasteiger charge is 2.41. The standard InChI is InChI=1S/C24H30N2O5/c1-14-11-15(2)17(12-16(14)13-26-7-9-30-10-8-26)20-21-18(27)5-4-6-19(21)31-23(25)22(20)24(28)29-3/h11-12,20H,4-10,13,25H2,1-3H3/t20-/m0/s1. The number of hydrogen-bond donors (Lipinski definition) is 1. The van der Waals surface area contributed by atoms with Crippen molar-refractivity contribution in [1.82, 2.24) is 4.90 Å². The van der Waals surface area contributed by atoms with E-state index < -0.39 is 11.9 Å². The van der Waals surface area contributed by atoms with Crippen molar-refractivity contribution < 1.29 is 23.8 Å². The zero-order chi connectivity index (χ0) is 22.1. The minimum Gasteiger partial charge on any atom is -0.465 e. The number of carbonyl (C=O) groups excluding carboxylic acids is 2. The van der Waals surface area contributed by atoms with E-state index in [1.807, 2.05) is 6.92 Å². The van der Waals surface area contributed by atoms with Crippen LogP contribution in [0.1, 0.15) is 47.4 Å². The fourth-order valence-electron chi connectivity index (χ4n) is 4.77. The van der Waals surface area contributed by atoms with Crippen LogP contribution in [0.3, 0.4) is 0 Å². The molecule has 1 fully saturated rings. The monoisotopic (exact) mass is 426 g/mol. The number of morpholine rings is 1. The predicted octanol–water partition coefficient (Wildman–Crippen LogP) is 2.60. The van der Waals surface area contributed by atoms with Crippen molar-refractivity contribution in [2.24, 2.45) is 5.73 Å². The smallest absolute Gasteiger partial charge is 0.340 e. The SMILES string of the molecule is COC(=O)C1=C(N)OC2=C(C(=O)CCC2)[C@@H]1c1cc(CN2CCOCC2)c(C)cc1C. The summed E-state index contributed by atoms with van der Waals surface area (Å²) in [6, 6.07) is 4.25. The zero-order valence-electron chi connectivity index (χ0n) is 18.5. The van der Waals surface area contributed by atoms with Gasteiger partial charge in [-0.15, -0.1) is 0 Å². The van der Waals surface area contributed by atoms with Crippen molar-refractivity contribution in [3.63, 3.8) is 0 Å². The van der Waals surface area contributed by atoms with Crippen LogP contribution in [-0.2, 0) is 30.3 Å². The molecule has 1 aromatic rings. The van der Waals surface area contributed by atoms with Crippen molar-refractivity contribution in [3.8, 4) is 0 Å². The van der Waals surface area contributed by atoms with E-state index in [9.17, 15) is 9.59 Å². The molecule has 166 valence electrons. The van der Waals surface area contributed by atoms with Crippen LogP contribution >= 0.6 is 0 Å². The molecule has 1 aliphatic carbocycles. The van der Waals surface area contributed by atoms with Gasteiger partial charge in [0.1, 0.15) is 11.3 Å². The molecule has 0 aromatic heterocycles. The fraction of sp³-hybridized carbons (Fsp3) is 0.500. The van der Waals surface area contributed by atoms with Crippen molar-refractivity contribution in [3.05, 3.63) is 57.2 Å². The van der Waals surface area contributed by atoms with Gasteiger partial charge in [-0.25, -0.2) is 4.79 Å². The Labute approximate surface area is 182 Å². The Balaban J connectivity index is 1.82. The first kappa shape index (κ1) is 21.6. The van der Waals surface area contributed by atoms with Gasteiger partial charge in [-0.3, -0.25) is 9.69 Å². The van der Waals surface area contributed by atoms with E-state index in [2.05, 4.69) is 24.0 Å². The summed E-state index contributed by atoms with van der Waals surface area (Å²) in [5.41, 5.74) is 11.2. The average Bonchev–Trinajstić information content (AvgIpc) is 2.75. The van der Waals surface area contributed by atoms with Crippen molar-refractivity contribution in [2.45, 2.75) is 45.6 Å². The molecule has 3 aliphatic rings. The lowest BCUT2D eigenvalue weighted by Crippen LogP contribution is -2.36. The summed E-state index contributed by atoms with van der Waals surface area (Å²) in [6.45, 7) is 8.12. The van der Waals surface area contributed by atoms with E-state index in [-0.39, 0.29) is 17.2 Å². The Bertz CT molecular complexity index is 972. The molecule has 0 unspecified atom stereocenters. The van der Waals surface area contributed by atoms with E-state index in [0.29, 0.717) is 24.2 Å². The van der Waals surface area contributed by atoms with Gasteiger partial charge in [0.25, 0.3) is 0 Å². The first-order chi connectivity index (χ1) is 14.9. The van der Waals surface area contributed by atoms with E-state index in [0.717, 1.165) is 50.4 Å². The molecule has 7 heteroatoms. The number of ketones is 1. The van der Waals surface area contributed by atoms with Crippen LogP contribution in [0.5, 0.6) is 0 Å². The molecule has 1 saturated heterocycles. The highest BCUT2D eigenvalue weighted by Crippen LogP contribution is 2.45. The minimum atomic E-state index is -0.576. The van der Waals surface area contributed by atoms with Gasteiger partial charge >= 0.3 is 5.97 Å². The summed E-state index contributed by atoms with van der Waals surface area (Å²) in [5, 5.41) is 0. The molecule has 7 nitrogen and oxygen atoms in total. The first-order valence-electron chi connectivity index (χ1n) is 10.8. The number of hydrogen-bond acceptors (Lipinski definition) is 7. The molecule has 0 bridgehead atoms. The van der Waals surface area contributed by atoms with Gasteiger partial charge in [-0.05, 0) is 42.5 Å². The predicted molar refractivity (Wildman–Crippen MR) is 115 cm³/mol. The number of nitrogens with zero attached hydrogens (tertiary/aromatic N) is 1. The maximum absolute atomic E-state index is 13.0. The normalized spacial score (nSPS) is 22.3. The maximum Gasteiger partial charge on any atom is 0.340 e. The van der Waals surface area contributed by atoms with Crippen LogP contribution in [0.4, 0.5) is 0 Å². The second kappa shape index (κ2) is 8.85. The number of ether oxygens (including phenoxy) is 3. The van der Waals surface area contributed by atoms with Crippen LogP contribution in [-0.4, -0.2) is 50.1 Å². The highest BCUT2D eigenvalue weighted by atomic mass is 16.5. The molecule has 2 aliphatic heterocycles. The highest BCUT2D eigenvalue weighted by molar-refractivity contribution is 6.03. The van der Waals surface area contributed by atoms with E-state index in [4.69, 9.17) is 19.9 Å². The summed E-state index contributed by atoms with van der Waals surface area (Å²) in [5.74, 6) is -0.522. The number of rotatable bonds is 4. The summed E-state index contributed by atoms with van der Waals surface area (Å²) < 4.78 is 16.3. The third-order valence-corrected chi connectivity index (χ3v) is 6.42.